The minimum atomic E-state index is -0.677. The zero-order valence-electron chi connectivity index (χ0n) is 18.0. The van der Waals surface area contributed by atoms with E-state index in [2.05, 4.69) is 0 Å². The van der Waals surface area contributed by atoms with Gasteiger partial charge in [0.25, 0.3) is 0 Å². The van der Waals surface area contributed by atoms with Gasteiger partial charge in [-0.15, -0.1) is 0 Å². The first-order valence-corrected chi connectivity index (χ1v) is 11.6. The van der Waals surface area contributed by atoms with Crippen LogP contribution in [-0.2, 0) is 4.79 Å². The molecule has 0 aromatic heterocycles. The van der Waals surface area contributed by atoms with E-state index in [4.69, 9.17) is 10.2 Å². The van der Waals surface area contributed by atoms with Crippen molar-refractivity contribution in [3.8, 4) is 0 Å². The molecule has 28 heavy (non-hydrogen) atoms. The third kappa shape index (κ3) is 16.3. The van der Waals surface area contributed by atoms with Gasteiger partial charge in [0, 0.05) is 18.4 Å². The highest BCUT2D eigenvalue weighted by atomic mass is 16.4. The predicted molar refractivity (Wildman–Crippen MR) is 114 cm³/mol. The van der Waals surface area contributed by atoms with Gasteiger partial charge in [-0.1, -0.05) is 89.9 Å². The van der Waals surface area contributed by atoms with Gasteiger partial charge in [0.1, 0.15) is 0 Å². The third-order valence-corrected chi connectivity index (χ3v) is 5.91. The standard InChI is InChI=1S/C23H46O5/c24-19-18-23(20-25,21-26)17-15-13-11-9-7-5-3-1-2-4-6-8-10-12-14-16-22(27)28/h24-26H,1-21H2,(H,27,28). The van der Waals surface area contributed by atoms with Gasteiger partial charge in [0.2, 0.25) is 0 Å². The van der Waals surface area contributed by atoms with Crippen molar-refractivity contribution in [1.82, 2.24) is 0 Å². The van der Waals surface area contributed by atoms with Gasteiger partial charge >= 0.3 is 5.97 Å². The average molecular weight is 403 g/mol. The summed E-state index contributed by atoms with van der Waals surface area (Å²) in [5, 5.41) is 36.6. The van der Waals surface area contributed by atoms with Crippen LogP contribution in [0.2, 0.25) is 0 Å². The molecule has 0 aromatic carbocycles. The average Bonchev–Trinajstić information content (AvgIpc) is 2.69. The summed E-state index contributed by atoms with van der Waals surface area (Å²) in [6.07, 6.45) is 19.7. The van der Waals surface area contributed by atoms with Gasteiger partial charge in [0.05, 0.1) is 13.2 Å². The summed E-state index contributed by atoms with van der Waals surface area (Å²) in [6, 6.07) is 0. The zero-order chi connectivity index (χ0) is 20.9. The minimum absolute atomic E-state index is 0.0217. The summed E-state index contributed by atoms with van der Waals surface area (Å²) in [7, 11) is 0. The van der Waals surface area contributed by atoms with E-state index in [1.807, 2.05) is 0 Å². The lowest BCUT2D eigenvalue weighted by Gasteiger charge is -2.29. The molecule has 0 amide bonds. The fraction of sp³-hybridized carbons (Fsp3) is 0.957. The van der Waals surface area contributed by atoms with E-state index in [9.17, 15) is 15.0 Å². The van der Waals surface area contributed by atoms with Crippen LogP contribution in [0.3, 0.4) is 0 Å². The molecule has 168 valence electrons. The molecule has 4 N–H and O–H groups in total. The minimum Gasteiger partial charge on any atom is -0.481 e. The van der Waals surface area contributed by atoms with Crippen LogP contribution in [0.15, 0.2) is 0 Å². The Morgan fingerprint density at radius 1 is 0.536 bits per heavy atom. The molecule has 0 heterocycles. The molecule has 0 aliphatic carbocycles. The summed E-state index contributed by atoms with van der Waals surface area (Å²) in [4.78, 5) is 10.4. The second kappa shape index (κ2) is 19.7. The van der Waals surface area contributed by atoms with Crippen molar-refractivity contribution < 1.29 is 25.2 Å². The van der Waals surface area contributed by atoms with Crippen LogP contribution < -0.4 is 0 Å². The van der Waals surface area contributed by atoms with E-state index < -0.39 is 11.4 Å². The van der Waals surface area contributed by atoms with Gasteiger partial charge in [-0.2, -0.15) is 0 Å². The zero-order valence-corrected chi connectivity index (χ0v) is 18.0. The topological polar surface area (TPSA) is 98.0 Å². The van der Waals surface area contributed by atoms with Crippen LogP contribution >= 0.6 is 0 Å². The molecule has 0 aliphatic heterocycles. The molecule has 0 rings (SSSR count). The van der Waals surface area contributed by atoms with Crippen molar-refractivity contribution in [2.24, 2.45) is 5.41 Å². The number of carboxylic acids is 1. The summed E-state index contributed by atoms with van der Waals surface area (Å²) in [5.74, 6) is -0.677. The highest BCUT2D eigenvalue weighted by Crippen LogP contribution is 2.28. The molecule has 0 radical (unpaired) electrons. The summed E-state index contributed by atoms with van der Waals surface area (Å²) in [6.45, 7) is -0.0719. The number of carbonyl (C=O) groups is 1. The lowest BCUT2D eigenvalue weighted by Crippen LogP contribution is -2.31. The Balaban J connectivity index is 3.28. The highest BCUT2D eigenvalue weighted by Gasteiger charge is 2.27. The lowest BCUT2D eigenvalue weighted by molar-refractivity contribution is -0.137. The van der Waals surface area contributed by atoms with E-state index in [0.717, 1.165) is 32.1 Å². The van der Waals surface area contributed by atoms with E-state index in [-0.39, 0.29) is 19.8 Å². The fourth-order valence-electron chi connectivity index (χ4n) is 3.80. The molecule has 0 spiro atoms. The number of carboxylic acid groups (broad SMARTS) is 1. The molecule has 0 atom stereocenters. The monoisotopic (exact) mass is 402 g/mol. The highest BCUT2D eigenvalue weighted by molar-refractivity contribution is 5.66. The Kier molecular flexibility index (Phi) is 19.2. The Hall–Kier alpha value is -0.650. The van der Waals surface area contributed by atoms with Crippen molar-refractivity contribution in [3.63, 3.8) is 0 Å². The summed E-state index contributed by atoms with van der Waals surface area (Å²) in [5.41, 5.74) is -0.493. The van der Waals surface area contributed by atoms with Gasteiger partial charge in [-0.3, -0.25) is 4.79 Å². The Morgan fingerprint density at radius 2 is 0.893 bits per heavy atom. The maximum absolute atomic E-state index is 10.4. The van der Waals surface area contributed by atoms with Crippen molar-refractivity contribution in [2.75, 3.05) is 19.8 Å². The van der Waals surface area contributed by atoms with Gasteiger partial charge in [-0.05, 0) is 19.3 Å². The first kappa shape index (κ1) is 27.4. The Bertz CT molecular complexity index is 342. The van der Waals surface area contributed by atoms with Crippen LogP contribution in [-0.4, -0.2) is 46.2 Å². The Morgan fingerprint density at radius 3 is 1.21 bits per heavy atom. The molecule has 0 saturated heterocycles. The molecule has 0 bridgehead atoms. The fourth-order valence-corrected chi connectivity index (χ4v) is 3.80. The molecule has 0 unspecified atom stereocenters. The van der Waals surface area contributed by atoms with Crippen LogP contribution in [0.1, 0.15) is 116 Å². The first-order chi connectivity index (χ1) is 13.6. The molecule has 0 aromatic rings. The number of aliphatic hydroxyl groups is 3. The van der Waals surface area contributed by atoms with Crippen LogP contribution in [0.25, 0.3) is 0 Å². The quantitative estimate of drug-likeness (QED) is 0.190. The largest absolute Gasteiger partial charge is 0.481 e. The smallest absolute Gasteiger partial charge is 0.303 e. The Labute approximate surface area is 172 Å². The molecule has 0 aliphatic rings. The molecular weight excluding hydrogens is 356 g/mol. The summed E-state index contributed by atoms with van der Waals surface area (Å²) >= 11 is 0. The van der Waals surface area contributed by atoms with E-state index in [0.29, 0.717) is 12.8 Å². The second-order valence-corrected chi connectivity index (χ2v) is 8.49. The number of aliphatic carboxylic acids is 1. The molecule has 5 nitrogen and oxygen atoms in total. The third-order valence-electron chi connectivity index (χ3n) is 5.91. The lowest BCUT2D eigenvalue weighted by atomic mass is 9.81. The number of rotatable bonds is 22. The first-order valence-electron chi connectivity index (χ1n) is 11.6. The number of hydrogen-bond acceptors (Lipinski definition) is 4. The van der Waals surface area contributed by atoms with Crippen molar-refractivity contribution >= 4 is 5.97 Å². The maximum atomic E-state index is 10.4. The van der Waals surface area contributed by atoms with Gasteiger partial charge < -0.3 is 20.4 Å². The van der Waals surface area contributed by atoms with E-state index in [1.165, 1.54) is 70.6 Å². The molecular formula is C23H46O5. The summed E-state index contributed by atoms with van der Waals surface area (Å²) < 4.78 is 0. The normalized spacial score (nSPS) is 11.8. The van der Waals surface area contributed by atoms with Crippen LogP contribution in [0.4, 0.5) is 0 Å². The maximum Gasteiger partial charge on any atom is 0.303 e. The number of hydrogen-bond donors (Lipinski definition) is 4. The molecule has 0 fully saturated rings. The van der Waals surface area contributed by atoms with Crippen LogP contribution in [0, 0.1) is 5.41 Å². The number of aliphatic hydroxyl groups excluding tert-OH is 3. The number of unbranched alkanes of at least 4 members (excludes halogenated alkanes) is 14. The SMILES string of the molecule is O=C(O)CCCCCCCCCCCCCCCCCC(CO)(CO)CCO. The van der Waals surface area contributed by atoms with Crippen LogP contribution in [0.5, 0.6) is 0 Å². The van der Waals surface area contributed by atoms with Gasteiger partial charge in [-0.25, -0.2) is 0 Å². The second-order valence-electron chi connectivity index (χ2n) is 8.49. The molecule has 5 heteroatoms. The molecule has 0 saturated carbocycles. The van der Waals surface area contributed by atoms with Crippen molar-refractivity contribution in [2.45, 2.75) is 116 Å². The van der Waals surface area contributed by atoms with Crippen molar-refractivity contribution in [1.29, 1.82) is 0 Å². The van der Waals surface area contributed by atoms with E-state index in [1.54, 1.807) is 0 Å². The predicted octanol–water partition coefficient (Wildman–Crippen LogP) is 5.06. The van der Waals surface area contributed by atoms with Gasteiger partial charge in [0.15, 0.2) is 0 Å². The van der Waals surface area contributed by atoms with E-state index >= 15 is 0 Å². The van der Waals surface area contributed by atoms with Crippen molar-refractivity contribution in [3.05, 3.63) is 0 Å².